The average molecular weight is 232 g/mol. The fourth-order valence-electron chi connectivity index (χ4n) is 1.73. The van der Waals surface area contributed by atoms with Gasteiger partial charge in [-0.05, 0) is 36.1 Å². The predicted octanol–water partition coefficient (Wildman–Crippen LogP) is 2.99. The third-order valence-electron chi connectivity index (χ3n) is 2.69. The van der Waals surface area contributed by atoms with E-state index in [9.17, 15) is 0 Å². The molecule has 2 rings (SSSR count). The van der Waals surface area contributed by atoms with Gasteiger partial charge in [-0.25, -0.2) is 0 Å². The van der Waals surface area contributed by atoms with E-state index in [-0.39, 0.29) is 6.04 Å². The molecule has 0 aliphatic carbocycles. The zero-order valence-corrected chi connectivity index (χ0v) is 10.2. The maximum absolute atomic E-state index is 6.13. The molecule has 0 fully saturated rings. The molecule has 1 aromatic heterocycles. The molecule has 16 heavy (non-hydrogen) atoms. The minimum atomic E-state index is 0.124. The molecule has 2 aromatic rings. The van der Waals surface area contributed by atoms with Crippen LogP contribution in [0.2, 0.25) is 0 Å². The first-order chi connectivity index (χ1) is 7.81. The normalized spacial score (nSPS) is 12.9. The SMILES string of the molecule is CSCCC(N)c1ccc2cccnc2c1. The summed E-state index contributed by atoms with van der Waals surface area (Å²) in [6.07, 6.45) is 4.94. The predicted molar refractivity (Wildman–Crippen MR) is 71.7 cm³/mol. The van der Waals surface area contributed by atoms with Crippen LogP contribution >= 0.6 is 11.8 Å². The minimum Gasteiger partial charge on any atom is -0.324 e. The van der Waals surface area contributed by atoms with E-state index in [0.29, 0.717) is 0 Å². The third-order valence-corrected chi connectivity index (χ3v) is 3.34. The van der Waals surface area contributed by atoms with E-state index in [0.717, 1.165) is 17.7 Å². The van der Waals surface area contributed by atoms with Crippen molar-refractivity contribution >= 4 is 22.7 Å². The molecule has 2 nitrogen and oxygen atoms in total. The lowest BCUT2D eigenvalue weighted by molar-refractivity contribution is 0.706. The van der Waals surface area contributed by atoms with E-state index < -0.39 is 0 Å². The largest absolute Gasteiger partial charge is 0.324 e. The summed E-state index contributed by atoms with van der Waals surface area (Å²) in [5.74, 6) is 1.10. The molecule has 0 saturated heterocycles. The summed E-state index contributed by atoms with van der Waals surface area (Å²) in [4.78, 5) is 4.34. The van der Waals surface area contributed by atoms with Gasteiger partial charge < -0.3 is 5.73 Å². The molecule has 0 amide bonds. The van der Waals surface area contributed by atoms with Crippen molar-refractivity contribution in [2.24, 2.45) is 5.73 Å². The quantitative estimate of drug-likeness (QED) is 0.880. The van der Waals surface area contributed by atoms with Crippen molar-refractivity contribution in [3.05, 3.63) is 42.1 Å². The standard InChI is InChI=1S/C13H16N2S/c1-16-8-6-12(14)11-5-4-10-3-2-7-15-13(10)9-11/h2-5,7,9,12H,6,8,14H2,1H3. The van der Waals surface area contributed by atoms with E-state index in [2.05, 4.69) is 35.5 Å². The third kappa shape index (κ3) is 2.54. The van der Waals surface area contributed by atoms with Crippen LogP contribution in [-0.4, -0.2) is 17.0 Å². The summed E-state index contributed by atoms with van der Waals surface area (Å²) >= 11 is 1.83. The molecule has 0 bridgehead atoms. The van der Waals surface area contributed by atoms with Gasteiger partial charge in [0.2, 0.25) is 0 Å². The van der Waals surface area contributed by atoms with Crippen molar-refractivity contribution < 1.29 is 0 Å². The first-order valence-electron chi connectivity index (χ1n) is 5.40. The van der Waals surface area contributed by atoms with Crippen LogP contribution in [0.15, 0.2) is 36.5 Å². The topological polar surface area (TPSA) is 38.9 Å². The Balaban J connectivity index is 2.25. The van der Waals surface area contributed by atoms with Crippen LogP contribution in [0.1, 0.15) is 18.0 Å². The highest BCUT2D eigenvalue weighted by atomic mass is 32.2. The second-order valence-corrected chi connectivity index (χ2v) is 4.83. The van der Waals surface area contributed by atoms with Crippen molar-refractivity contribution in [3.8, 4) is 0 Å². The van der Waals surface area contributed by atoms with Crippen LogP contribution in [0, 0.1) is 0 Å². The maximum Gasteiger partial charge on any atom is 0.0705 e. The molecule has 0 aliphatic heterocycles. The van der Waals surface area contributed by atoms with Crippen molar-refractivity contribution in [3.63, 3.8) is 0 Å². The molecular weight excluding hydrogens is 216 g/mol. The van der Waals surface area contributed by atoms with Crippen molar-refractivity contribution in [2.45, 2.75) is 12.5 Å². The molecule has 0 saturated carbocycles. The molecule has 84 valence electrons. The highest BCUT2D eigenvalue weighted by Gasteiger charge is 2.06. The molecule has 0 spiro atoms. The number of rotatable bonds is 4. The van der Waals surface area contributed by atoms with E-state index in [4.69, 9.17) is 5.73 Å². The number of hydrogen-bond acceptors (Lipinski definition) is 3. The van der Waals surface area contributed by atoms with Gasteiger partial charge in [0.15, 0.2) is 0 Å². The van der Waals surface area contributed by atoms with Gasteiger partial charge in [-0.15, -0.1) is 0 Å². The number of fused-ring (bicyclic) bond motifs is 1. The Bertz CT molecular complexity index is 470. The van der Waals surface area contributed by atoms with Gasteiger partial charge in [0.1, 0.15) is 0 Å². The molecule has 1 atom stereocenters. The van der Waals surface area contributed by atoms with Gasteiger partial charge in [0.05, 0.1) is 5.52 Å². The zero-order chi connectivity index (χ0) is 11.4. The van der Waals surface area contributed by atoms with E-state index in [1.807, 2.05) is 24.0 Å². The summed E-state index contributed by atoms with van der Waals surface area (Å²) < 4.78 is 0. The van der Waals surface area contributed by atoms with Crippen molar-refractivity contribution in [1.29, 1.82) is 0 Å². The highest BCUT2D eigenvalue weighted by Crippen LogP contribution is 2.20. The number of benzene rings is 1. The second-order valence-electron chi connectivity index (χ2n) is 3.84. The Morgan fingerprint density at radius 1 is 1.38 bits per heavy atom. The summed E-state index contributed by atoms with van der Waals surface area (Å²) in [6.45, 7) is 0. The number of nitrogens with zero attached hydrogens (tertiary/aromatic N) is 1. The number of hydrogen-bond donors (Lipinski definition) is 1. The molecule has 1 unspecified atom stereocenters. The molecule has 1 aromatic carbocycles. The Morgan fingerprint density at radius 2 is 2.25 bits per heavy atom. The molecule has 2 N–H and O–H groups in total. The van der Waals surface area contributed by atoms with Crippen LogP contribution < -0.4 is 5.73 Å². The summed E-state index contributed by atoms with van der Waals surface area (Å²) in [5, 5.41) is 1.17. The second kappa shape index (κ2) is 5.32. The fourth-order valence-corrected chi connectivity index (χ4v) is 2.22. The Morgan fingerprint density at radius 3 is 3.06 bits per heavy atom. The first kappa shape index (κ1) is 11.4. The molecule has 3 heteroatoms. The highest BCUT2D eigenvalue weighted by molar-refractivity contribution is 7.98. The van der Waals surface area contributed by atoms with Crippen molar-refractivity contribution in [1.82, 2.24) is 4.98 Å². The van der Waals surface area contributed by atoms with Gasteiger partial charge in [0, 0.05) is 17.6 Å². The van der Waals surface area contributed by atoms with Crippen LogP contribution in [-0.2, 0) is 0 Å². The maximum atomic E-state index is 6.13. The molecule has 0 aliphatic rings. The lowest BCUT2D eigenvalue weighted by Crippen LogP contribution is -2.11. The molecule has 1 heterocycles. The monoisotopic (exact) mass is 232 g/mol. The van der Waals surface area contributed by atoms with Gasteiger partial charge in [-0.1, -0.05) is 18.2 Å². The van der Waals surface area contributed by atoms with Gasteiger partial charge in [0.25, 0.3) is 0 Å². The van der Waals surface area contributed by atoms with Crippen LogP contribution in [0.25, 0.3) is 10.9 Å². The zero-order valence-electron chi connectivity index (χ0n) is 9.39. The van der Waals surface area contributed by atoms with Crippen LogP contribution in [0.3, 0.4) is 0 Å². The summed E-state index contributed by atoms with van der Waals surface area (Å²) in [7, 11) is 0. The van der Waals surface area contributed by atoms with Crippen LogP contribution in [0.5, 0.6) is 0 Å². The number of nitrogens with two attached hydrogens (primary N) is 1. The van der Waals surface area contributed by atoms with E-state index in [1.165, 1.54) is 10.9 Å². The van der Waals surface area contributed by atoms with E-state index in [1.54, 1.807) is 0 Å². The van der Waals surface area contributed by atoms with Gasteiger partial charge in [-0.2, -0.15) is 11.8 Å². The molecule has 0 radical (unpaired) electrons. The lowest BCUT2D eigenvalue weighted by Gasteiger charge is -2.11. The first-order valence-corrected chi connectivity index (χ1v) is 6.80. The summed E-state index contributed by atoms with van der Waals surface area (Å²) in [5.41, 5.74) is 8.34. The Labute approximate surface area is 100 Å². The molecular formula is C13H16N2S. The Hall–Kier alpha value is -1.06. The lowest BCUT2D eigenvalue weighted by atomic mass is 10.0. The van der Waals surface area contributed by atoms with Crippen molar-refractivity contribution in [2.75, 3.05) is 12.0 Å². The smallest absolute Gasteiger partial charge is 0.0705 e. The van der Waals surface area contributed by atoms with Crippen LogP contribution in [0.4, 0.5) is 0 Å². The number of pyridine rings is 1. The number of thioether (sulfide) groups is 1. The number of aromatic nitrogens is 1. The fraction of sp³-hybridized carbons (Fsp3) is 0.308. The van der Waals surface area contributed by atoms with Gasteiger partial charge >= 0.3 is 0 Å². The minimum absolute atomic E-state index is 0.124. The van der Waals surface area contributed by atoms with E-state index >= 15 is 0 Å². The average Bonchev–Trinajstić information content (AvgIpc) is 2.35. The Kier molecular flexibility index (Phi) is 3.80. The van der Waals surface area contributed by atoms with Gasteiger partial charge in [-0.3, -0.25) is 4.98 Å². The summed E-state index contributed by atoms with van der Waals surface area (Å²) in [6, 6.07) is 10.4.